The lowest BCUT2D eigenvalue weighted by Crippen LogP contribution is -2.25. The van der Waals surface area contributed by atoms with Crippen molar-refractivity contribution in [3.63, 3.8) is 0 Å². The number of nitrogens with zero attached hydrogens (tertiary/aromatic N) is 1. The monoisotopic (exact) mass is 380 g/mol. The molecule has 1 heterocycles. The molecule has 1 N–H and O–H groups in total. The number of sulfonamides is 2. The van der Waals surface area contributed by atoms with Gasteiger partial charge < -0.3 is 0 Å². The topological polar surface area (TPSA) is 83.6 Å². The van der Waals surface area contributed by atoms with Gasteiger partial charge in [0.05, 0.1) is 16.3 Å². The summed E-state index contributed by atoms with van der Waals surface area (Å²) >= 11 is 0. The third kappa shape index (κ3) is 3.64. The second-order valence-corrected chi connectivity index (χ2v) is 9.86. The zero-order valence-electron chi connectivity index (χ0n) is 14.1. The van der Waals surface area contributed by atoms with Crippen molar-refractivity contribution >= 4 is 31.4 Å². The molecule has 0 amide bonds. The number of hydrogen-bond acceptors (Lipinski definition) is 4. The van der Waals surface area contributed by atoms with E-state index < -0.39 is 20.0 Å². The van der Waals surface area contributed by atoms with Gasteiger partial charge in [0.2, 0.25) is 10.0 Å². The van der Waals surface area contributed by atoms with E-state index >= 15 is 0 Å². The molecule has 0 bridgehead atoms. The van der Waals surface area contributed by atoms with Crippen molar-refractivity contribution in [3.8, 4) is 0 Å². The van der Waals surface area contributed by atoms with Crippen LogP contribution in [-0.2, 0) is 20.0 Å². The van der Waals surface area contributed by atoms with Gasteiger partial charge in [-0.1, -0.05) is 12.1 Å². The van der Waals surface area contributed by atoms with E-state index in [4.69, 9.17) is 0 Å². The van der Waals surface area contributed by atoms with Gasteiger partial charge in [0.25, 0.3) is 10.0 Å². The summed E-state index contributed by atoms with van der Waals surface area (Å²) in [7, 11) is -6.95. The van der Waals surface area contributed by atoms with Crippen LogP contribution in [-0.4, -0.2) is 29.1 Å². The highest BCUT2D eigenvalue weighted by atomic mass is 32.2. The molecule has 2 aromatic carbocycles. The molecule has 1 fully saturated rings. The van der Waals surface area contributed by atoms with E-state index in [1.807, 2.05) is 13.0 Å². The molecule has 3 rings (SSSR count). The average molecular weight is 380 g/mol. The van der Waals surface area contributed by atoms with Crippen LogP contribution in [0.25, 0.3) is 0 Å². The molecule has 1 aliphatic rings. The predicted octanol–water partition coefficient (Wildman–Crippen LogP) is 2.64. The second kappa shape index (κ2) is 6.34. The highest BCUT2D eigenvalue weighted by Crippen LogP contribution is 2.30. The highest BCUT2D eigenvalue weighted by Gasteiger charge is 2.29. The van der Waals surface area contributed by atoms with E-state index in [0.29, 0.717) is 29.9 Å². The maximum Gasteiger partial charge on any atom is 0.261 e. The lowest BCUT2D eigenvalue weighted by Gasteiger charge is -2.20. The lowest BCUT2D eigenvalue weighted by atomic mass is 10.2. The first-order chi connectivity index (χ1) is 11.7. The van der Waals surface area contributed by atoms with Crippen molar-refractivity contribution < 1.29 is 16.8 Å². The Morgan fingerprint density at radius 2 is 1.84 bits per heavy atom. The summed E-state index contributed by atoms with van der Waals surface area (Å²) in [6, 6.07) is 11.5. The molecule has 1 aliphatic heterocycles. The first kappa shape index (κ1) is 17.8. The van der Waals surface area contributed by atoms with Gasteiger partial charge in [0.1, 0.15) is 0 Å². The maximum atomic E-state index is 12.5. The van der Waals surface area contributed by atoms with E-state index in [-0.39, 0.29) is 10.6 Å². The van der Waals surface area contributed by atoms with Gasteiger partial charge >= 0.3 is 0 Å². The van der Waals surface area contributed by atoms with Gasteiger partial charge in [-0.05, 0) is 61.7 Å². The Bertz CT molecular complexity index is 1010. The fourth-order valence-corrected chi connectivity index (χ4v) is 5.69. The molecular formula is C17H20N2O4S2. The van der Waals surface area contributed by atoms with Crippen LogP contribution in [0.4, 0.5) is 11.4 Å². The fourth-order valence-electron chi connectivity index (χ4n) is 2.91. The summed E-state index contributed by atoms with van der Waals surface area (Å²) in [6.45, 7) is 4.06. The number of benzene rings is 2. The molecular weight excluding hydrogens is 360 g/mol. The summed E-state index contributed by atoms with van der Waals surface area (Å²) in [5.41, 5.74) is 2.55. The van der Waals surface area contributed by atoms with Crippen molar-refractivity contribution in [1.29, 1.82) is 0 Å². The lowest BCUT2D eigenvalue weighted by molar-refractivity contribution is 0.598. The number of anilines is 2. The molecule has 0 unspecified atom stereocenters. The minimum atomic E-state index is -3.69. The molecule has 6 nitrogen and oxygen atoms in total. The smallest absolute Gasteiger partial charge is 0.261 e. The second-order valence-electron chi connectivity index (χ2n) is 6.16. The van der Waals surface area contributed by atoms with Gasteiger partial charge in [-0.2, -0.15) is 0 Å². The summed E-state index contributed by atoms with van der Waals surface area (Å²) in [6.07, 6.45) is 0.601. The standard InChI is InChI=1S/C17H20N2O4S2/c1-13-5-3-6-16(11-13)25(22,23)18-15-7-8-17(14(2)12-15)19-9-4-10-24(19,20)21/h3,5-8,11-12,18H,4,9-10H2,1-2H3. The SMILES string of the molecule is Cc1cccc(S(=O)(=O)Nc2ccc(N3CCCS3(=O)=O)c(C)c2)c1. The molecule has 0 radical (unpaired) electrons. The first-order valence-electron chi connectivity index (χ1n) is 7.90. The van der Waals surface area contributed by atoms with Gasteiger partial charge in [-0.3, -0.25) is 9.03 Å². The Morgan fingerprint density at radius 1 is 1.08 bits per heavy atom. The number of nitrogens with one attached hydrogen (secondary N) is 1. The Hall–Kier alpha value is -2.06. The van der Waals surface area contributed by atoms with Crippen LogP contribution in [0.5, 0.6) is 0 Å². The molecule has 2 aromatic rings. The Morgan fingerprint density at radius 3 is 2.44 bits per heavy atom. The first-order valence-corrected chi connectivity index (χ1v) is 11.0. The number of rotatable bonds is 4. The van der Waals surface area contributed by atoms with E-state index in [9.17, 15) is 16.8 Å². The predicted molar refractivity (Wildman–Crippen MR) is 98.9 cm³/mol. The van der Waals surface area contributed by atoms with Crippen molar-refractivity contribution in [1.82, 2.24) is 0 Å². The van der Waals surface area contributed by atoms with Gasteiger partial charge in [0, 0.05) is 12.2 Å². The summed E-state index contributed by atoms with van der Waals surface area (Å²) < 4.78 is 53.0. The molecule has 0 aromatic heterocycles. The van der Waals surface area contributed by atoms with Crippen molar-refractivity contribution in [2.45, 2.75) is 25.2 Å². The third-order valence-electron chi connectivity index (χ3n) is 4.12. The highest BCUT2D eigenvalue weighted by molar-refractivity contribution is 7.93. The maximum absolute atomic E-state index is 12.5. The van der Waals surface area contributed by atoms with E-state index in [1.54, 1.807) is 37.3 Å². The molecule has 0 spiro atoms. The average Bonchev–Trinajstić information content (AvgIpc) is 2.86. The summed E-state index contributed by atoms with van der Waals surface area (Å²) in [5.74, 6) is 0.147. The molecule has 0 aliphatic carbocycles. The number of aryl methyl sites for hydroxylation is 2. The van der Waals surface area contributed by atoms with E-state index in [1.165, 1.54) is 10.4 Å². The normalized spacial score (nSPS) is 16.8. The molecule has 134 valence electrons. The van der Waals surface area contributed by atoms with Crippen LogP contribution in [0.2, 0.25) is 0 Å². The zero-order valence-corrected chi connectivity index (χ0v) is 15.7. The fraction of sp³-hybridized carbons (Fsp3) is 0.294. The minimum Gasteiger partial charge on any atom is -0.280 e. The zero-order chi connectivity index (χ0) is 18.2. The van der Waals surface area contributed by atoms with Crippen LogP contribution < -0.4 is 9.03 Å². The quantitative estimate of drug-likeness (QED) is 0.884. The summed E-state index contributed by atoms with van der Waals surface area (Å²) in [5, 5.41) is 0. The molecule has 0 atom stereocenters. The molecule has 1 saturated heterocycles. The Labute approximate surface area is 148 Å². The van der Waals surface area contributed by atoms with Crippen LogP contribution in [0.1, 0.15) is 17.5 Å². The van der Waals surface area contributed by atoms with Crippen LogP contribution >= 0.6 is 0 Å². The Balaban J connectivity index is 1.89. The van der Waals surface area contributed by atoms with Gasteiger partial charge in [-0.15, -0.1) is 0 Å². The van der Waals surface area contributed by atoms with Crippen LogP contribution in [0, 0.1) is 13.8 Å². The van der Waals surface area contributed by atoms with Crippen LogP contribution in [0.3, 0.4) is 0 Å². The molecule has 25 heavy (non-hydrogen) atoms. The third-order valence-corrected chi connectivity index (χ3v) is 7.35. The molecule has 8 heteroatoms. The van der Waals surface area contributed by atoms with E-state index in [2.05, 4.69) is 4.72 Å². The van der Waals surface area contributed by atoms with Crippen molar-refractivity contribution in [2.75, 3.05) is 21.3 Å². The summed E-state index contributed by atoms with van der Waals surface area (Å²) in [4.78, 5) is 0.191. The van der Waals surface area contributed by atoms with Gasteiger partial charge in [-0.25, -0.2) is 16.8 Å². The Kier molecular flexibility index (Phi) is 4.51. The van der Waals surface area contributed by atoms with Crippen LogP contribution in [0.15, 0.2) is 47.4 Å². The van der Waals surface area contributed by atoms with Gasteiger partial charge in [0.15, 0.2) is 0 Å². The van der Waals surface area contributed by atoms with E-state index in [0.717, 1.165) is 5.56 Å². The van der Waals surface area contributed by atoms with Crippen molar-refractivity contribution in [3.05, 3.63) is 53.6 Å². The molecule has 0 saturated carbocycles. The van der Waals surface area contributed by atoms with Crippen molar-refractivity contribution in [2.24, 2.45) is 0 Å². The number of hydrogen-bond donors (Lipinski definition) is 1. The minimum absolute atomic E-state index is 0.147. The largest absolute Gasteiger partial charge is 0.280 e.